The fraction of sp³-hybridized carbons (Fsp3) is 0.556. The molecule has 0 bridgehead atoms. The third kappa shape index (κ3) is 3.19. The lowest BCUT2D eigenvalue weighted by Crippen LogP contribution is -2.35. The first-order chi connectivity index (χ1) is 10.7. The Labute approximate surface area is 132 Å². The van der Waals surface area contributed by atoms with E-state index in [1.165, 1.54) is 22.2 Å². The number of aromatic nitrogens is 1. The summed E-state index contributed by atoms with van der Waals surface area (Å²) in [5.41, 5.74) is 3.74. The summed E-state index contributed by atoms with van der Waals surface area (Å²) in [6.07, 6.45) is 2.21. The maximum absolute atomic E-state index is 10.3. The van der Waals surface area contributed by atoms with Gasteiger partial charge in [0, 0.05) is 36.3 Å². The van der Waals surface area contributed by atoms with Crippen LogP contribution in [0, 0.1) is 13.8 Å². The number of fused-ring (bicyclic) bond motifs is 1. The van der Waals surface area contributed by atoms with Gasteiger partial charge in [-0.2, -0.15) is 0 Å². The van der Waals surface area contributed by atoms with Crippen molar-refractivity contribution in [3.63, 3.8) is 0 Å². The van der Waals surface area contributed by atoms with Crippen LogP contribution in [0.25, 0.3) is 10.9 Å². The van der Waals surface area contributed by atoms with E-state index in [1.807, 2.05) is 0 Å². The molecule has 1 aromatic heterocycles. The van der Waals surface area contributed by atoms with Gasteiger partial charge in [0.05, 0.1) is 18.8 Å². The maximum atomic E-state index is 10.3. The number of aryl methyl sites for hydroxylation is 1. The number of ether oxygens (including phenoxy) is 1. The zero-order valence-electron chi connectivity index (χ0n) is 13.5. The molecule has 0 spiro atoms. The Morgan fingerprint density at radius 3 is 2.95 bits per heavy atom. The second-order valence-electron chi connectivity index (χ2n) is 6.29. The van der Waals surface area contributed by atoms with Crippen LogP contribution in [0.3, 0.4) is 0 Å². The molecule has 22 heavy (non-hydrogen) atoms. The van der Waals surface area contributed by atoms with Crippen LogP contribution in [0.5, 0.6) is 0 Å². The number of nitrogens with zero attached hydrogens (tertiary/aromatic N) is 1. The number of para-hydroxylation sites is 1. The first-order valence-electron chi connectivity index (χ1n) is 8.21. The maximum Gasteiger partial charge on any atom is 0.0843 e. The lowest BCUT2D eigenvalue weighted by atomic mass is 10.2. The van der Waals surface area contributed by atoms with E-state index in [4.69, 9.17) is 4.74 Å². The number of aliphatic hydroxyl groups is 1. The first kappa shape index (κ1) is 15.5. The van der Waals surface area contributed by atoms with E-state index in [2.05, 4.69) is 48.0 Å². The van der Waals surface area contributed by atoms with E-state index in [-0.39, 0.29) is 0 Å². The molecule has 1 aliphatic heterocycles. The van der Waals surface area contributed by atoms with Crippen molar-refractivity contribution in [2.75, 3.05) is 19.7 Å². The normalized spacial score (nSPS) is 19.9. The number of hydrogen-bond acceptors (Lipinski definition) is 3. The van der Waals surface area contributed by atoms with Gasteiger partial charge in [-0.25, -0.2) is 0 Å². The van der Waals surface area contributed by atoms with Crippen LogP contribution >= 0.6 is 0 Å². The average molecular weight is 302 g/mol. The van der Waals surface area contributed by atoms with Crippen LogP contribution in [0.15, 0.2) is 24.3 Å². The predicted molar refractivity (Wildman–Crippen MR) is 89.3 cm³/mol. The van der Waals surface area contributed by atoms with E-state index in [1.54, 1.807) is 0 Å². The van der Waals surface area contributed by atoms with E-state index in [0.717, 1.165) is 26.0 Å². The Balaban J connectivity index is 1.61. The number of hydrogen-bond donors (Lipinski definition) is 2. The zero-order valence-corrected chi connectivity index (χ0v) is 13.5. The molecule has 4 nitrogen and oxygen atoms in total. The van der Waals surface area contributed by atoms with Crippen LogP contribution < -0.4 is 5.32 Å². The summed E-state index contributed by atoms with van der Waals surface area (Å²) in [5.74, 6) is 0. The summed E-state index contributed by atoms with van der Waals surface area (Å²) in [4.78, 5) is 0. The lowest BCUT2D eigenvalue weighted by Gasteiger charge is -2.17. The van der Waals surface area contributed by atoms with Crippen molar-refractivity contribution in [3.8, 4) is 0 Å². The molecule has 0 aliphatic carbocycles. The van der Waals surface area contributed by atoms with Gasteiger partial charge in [0.1, 0.15) is 0 Å². The monoisotopic (exact) mass is 302 g/mol. The van der Waals surface area contributed by atoms with Crippen molar-refractivity contribution in [3.05, 3.63) is 35.5 Å². The minimum absolute atomic E-state index is 0.323. The molecule has 2 aromatic rings. The summed E-state index contributed by atoms with van der Waals surface area (Å²) in [6, 6.07) is 8.40. The Hall–Kier alpha value is -1.36. The molecule has 1 fully saturated rings. The van der Waals surface area contributed by atoms with Crippen molar-refractivity contribution in [1.82, 2.24) is 9.88 Å². The summed E-state index contributed by atoms with van der Waals surface area (Å²) >= 11 is 0. The largest absolute Gasteiger partial charge is 0.390 e. The summed E-state index contributed by atoms with van der Waals surface area (Å²) in [6.45, 7) is 7.21. The third-order valence-corrected chi connectivity index (χ3v) is 4.72. The number of rotatable bonds is 6. The molecule has 0 amide bonds. The Morgan fingerprint density at radius 1 is 1.36 bits per heavy atom. The molecule has 0 radical (unpaired) electrons. The van der Waals surface area contributed by atoms with Crippen molar-refractivity contribution < 1.29 is 9.84 Å². The van der Waals surface area contributed by atoms with Gasteiger partial charge in [-0.3, -0.25) is 0 Å². The molecule has 2 atom stereocenters. The zero-order chi connectivity index (χ0) is 15.5. The highest BCUT2D eigenvalue weighted by atomic mass is 16.5. The second-order valence-corrected chi connectivity index (χ2v) is 6.29. The van der Waals surface area contributed by atoms with Gasteiger partial charge >= 0.3 is 0 Å². The third-order valence-electron chi connectivity index (χ3n) is 4.72. The van der Waals surface area contributed by atoms with Gasteiger partial charge in [0.15, 0.2) is 0 Å². The number of aliphatic hydroxyl groups excluding tert-OH is 1. The molecular formula is C18H26N2O2. The van der Waals surface area contributed by atoms with Gasteiger partial charge in [-0.05, 0) is 38.3 Å². The topological polar surface area (TPSA) is 46.4 Å². The van der Waals surface area contributed by atoms with E-state index in [9.17, 15) is 5.11 Å². The van der Waals surface area contributed by atoms with Crippen LogP contribution in [-0.2, 0) is 11.3 Å². The molecule has 0 unspecified atom stereocenters. The standard InChI is InChI=1S/C18H26N2O2/c1-13-14(2)20(18-8-4-3-7-17(13)18)12-15(21)10-19-11-16-6-5-9-22-16/h3-4,7-8,15-16,19,21H,5-6,9-12H2,1-2H3/t15-,16-/m1/s1. The first-order valence-corrected chi connectivity index (χ1v) is 8.21. The van der Waals surface area contributed by atoms with Gasteiger partial charge in [0.25, 0.3) is 0 Å². The van der Waals surface area contributed by atoms with E-state index in [0.29, 0.717) is 19.2 Å². The van der Waals surface area contributed by atoms with Crippen molar-refractivity contribution in [2.45, 2.75) is 45.4 Å². The van der Waals surface area contributed by atoms with Crippen LogP contribution in [0.2, 0.25) is 0 Å². The summed E-state index contributed by atoms with van der Waals surface area (Å²) in [7, 11) is 0. The minimum atomic E-state index is -0.393. The molecule has 2 heterocycles. The fourth-order valence-electron chi connectivity index (χ4n) is 3.33. The number of nitrogens with one attached hydrogen (secondary N) is 1. The molecule has 3 rings (SSSR count). The summed E-state index contributed by atoms with van der Waals surface area (Å²) < 4.78 is 7.81. The van der Waals surface area contributed by atoms with Crippen LogP contribution in [0.4, 0.5) is 0 Å². The SMILES string of the molecule is Cc1c(C)n(C[C@H](O)CNC[C@H]2CCCO2)c2ccccc12. The quantitative estimate of drug-likeness (QED) is 0.861. The van der Waals surface area contributed by atoms with Crippen molar-refractivity contribution >= 4 is 10.9 Å². The van der Waals surface area contributed by atoms with Gasteiger partial charge < -0.3 is 19.7 Å². The highest BCUT2D eigenvalue weighted by Crippen LogP contribution is 2.25. The average Bonchev–Trinajstić information content (AvgIpc) is 3.11. The van der Waals surface area contributed by atoms with Crippen molar-refractivity contribution in [1.29, 1.82) is 0 Å². The Morgan fingerprint density at radius 2 is 2.18 bits per heavy atom. The molecular weight excluding hydrogens is 276 g/mol. The predicted octanol–water partition coefficient (Wildman–Crippen LogP) is 2.39. The Kier molecular flexibility index (Phi) is 4.81. The second kappa shape index (κ2) is 6.82. The minimum Gasteiger partial charge on any atom is -0.390 e. The van der Waals surface area contributed by atoms with Gasteiger partial charge in [-0.1, -0.05) is 18.2 Å². The fourth-order valence-corrected chi connectivity index (χ4v) is 3.33. The van der Waals surface area contributed by atoms with Gasteiger partial charge in [-0.15, -0.1) is 0 Å². The highest BCUT2D eigenvalue weighted by molar-refractivity contribution is 5.85. The number of benzene rings is 1. The smallest absolute Gasteiger partial charge is 0.0843 e. The van der Waals surface area contributed by atoms with Crippen molar-refractivity contribution in [2.24, 2.45) is 0 Å². The molecule has 1 aliphatic rings. The van der Waals surface area contributed by atoms with Gasteiger partial charge in [0.2, 0.25) is 0 Å². The van der Waals surface area contributed by atoms with Crippen LogP contribution in [-0.4, -0.2) is 41.6 Å². The molecule has 120 valence electrons. The molecule has 4 heteroatoms. The Bertz CT molecular complexity index is 629. The molecule has 2 N–H and O–H groups in total. The molecule has 1 aromatic carbocycles. The highest BCUT2D eigenvalue weighted by Gasteiger charge is 2.16. The van der Waals surface area contributed by atoms with Crippen LogP contribution in [0.1, 0.15) is 24.1 Å². The van der Waals surface area contributed by atoms with E-state index >= 15 is 0 Å². The summed E-state index contributed by atoms with van der Waals surface area (Å²) in [5, 5.41) is 15.0. The molecule has 1 saturated heterocycles. The van der Waals surface area contributed by atoms with E-state index < -0.39 is 6.10 Å². The molecule has 0 saturated carbocycles. The lowest BCUT2D eigenvalue weighted by molar-refractivity contribution is 0.101.